The number of aliphatic hydroxyl groups excluding tert-OH is 1. The van der Waals surface area contributed by atoms with Crippen LogP contribution in [0.1, 0.15) is 38.5 Å². The Hall–Kier alpha value is -2.07. The van der Waals surface area contributed by atoms with Crippen molar-refractivity contribution in [1.82, 2.24) is 14.2 Å². The number of anilines is 1. The van der Waals surface area contributed by atoms with E-state index in [0.29, 0.717) is 31.2 Å². The number of amides is 2. The molecule has 7 atom stereocenters. The minimum atomic E-state index is -1.20. The van der Waals surface area contributed by atoms with Gasteiger partial charge in [0.05, 0.1) is 28.7 Å². The van der Waals surface area contributed by atoms with E-state index in [9.17, 15) is 19.8 Å². The Morgan fingerprint density at radius 2 is 1.68 bits per heavy atom. The van der Waals surface area contributed by atoms with E-state index in [1.807, 2.05) is 0 Å². The molecule has 38 heavy (non-hydrogen) atoms. The second kappa shape index (κ2) is 9.54. The van der Waals surface area contributed by atoms with Gasteiger partial charge in [0.2, 0.25) is 11.8 Å². The third kappa shape index (κ3) is 3.92. The van der Waals surface area contributed by atoms with Gasteiger partial charge in [0.15, 0.2) is 0 Å². The first kappa shape index (κ1) is 24.9. The quantitative estimate of drug-likeness (QED) is 0.546. The molecule has 2 aliphatic heterocycles. The number of rotatable bonds is 6. The van der Waals surface area contributed by atoms with Crippen LogP contribution in [0.25, 0.3) is 10.1 Å². The summed E-state index contributed by atoms with van der Waals surface area (Å²) >= 11 is 1.57. The topological polar surface area (TPSA) is 97.2 Å². The Labute approximate surface area is 227 Å². The minimum Gasteiger partial charge on any atom is -0.393 e. The highest BCUT2D eigenvalue weighted by Gasteiger charge is 2.68. The third-order valence-electron chi connectivity index (χ3n) is 10.6. The second-order valence-electron chi connectivity index (χ2n) is 12.5. The van der Waals surface area contributed by atoms with Gasteiger partial charge in [-0.05, 0) is 67.1 Å². The highest BCUT2D eigenvalue weighted by atomic mass is 32.1. The molecule has 0 radical (unpaired) electrons. The SMILES string of the molecule is O=C1[C@@H]2[C@@H]3C[C@@H]([C@@H]2C(=O)N1C[C@@H]1CCCC[C@H]1CN1CCN(c2nsc4ccccc24)CC1)C(O)(CO)C3. The molecule has 204 valence electrons. The number of piperazine rings is 1. The van der Waals surface area contributed by atoms with E-state index >= 15 is 0 Å². The van der Waals surface area contributed by atoms with Crippen molar-refractivity contribution >= 4 is 39.3 Å². The smallest absolute Gasteiger partial charge is 0.233 e. The van der Waals surface area contributed by atoms with E-state index in [0.717, 1.165) is 57.8 Å². The van der Waals surface area contributed by atoms with Gasteiger partial charge in [0.25, 0.3) is 0 Å². The van der Waals surface area contributed by atoms with Crippen molar-refractivity contribution in [3.8, 4) is 0 Å². The van der Waals surface area contributed by atoms with Crippen LogP contribution in [0.5, 0.6) is 0 Å². The molecule has 2 aromatic rings. The molecular weight excluding hydrogens is 500 g/mol. The zero-order chi connectivity index (χ0) is 26.0. The predicted octanol–water partition coefficient (Wildman–Crippen LogP) is 2.59. The Balaban J connectivity index is 0.991. The fourth-order valence-corrected chi connectivity index (χ4v) is 9.41. The molecule has 7 rings (SSSR count). The molecular formula is C29H38N4O4S. The van der Waals surface area contributed by atoms with Crippen LogP contribution in [0, 0.1) is 35.5 Å². The maximum absolute atomic E-state index is 13.5. The molecule has 5 fully saturated rings. The molecule has 2 saturated heterocycles. The number of fused-ring (bicyclic) bond motifs is 6. The van der Waals surface area contributed by atoms with E-state index in [-0.39, 0.29) is 36.2 Å². The van der Waals surface area contributed by atoms with E-state index in [2.05, 4.69) is 34.1 Å². The number of carbonyl (C=O) groups is 2. The van der Waals surface area contributed by atoms with Crippen molar-refractivity contribution in [2.45, 2.75) is 44.1 Å². The number of imide groups is 1. The molecule has 3 heterocycles. The molecule has 8 nitrogen and oxygen atoms in total. The Bertz CT molecular complexity index is 1230. The zero-order valence-electron chi connectivity index (χ0n) is 21.9. The Morgan fingerprint density at radius 1 is 0.974 bits per heavy atom. The van der Waals surface area contributed by atoms with Crippen molar-refractivity contribution in [2.75, 3.05) is 50.8 Å². The van der Waals surface area contributed by atoms with Gasteiger partial charge >= 0.3 is 0 Å². The lowest BCUT2D eigenvalue weighted by Gasteiger charge is -2.40. The van der Waals surface area contributed by atoms with Crippen molar-refractivity contribution in [1.29, 1.82) is 0 Å². The Morgan fingerprint density at radius 3 is 2.45 bits per heavy atom. The van der Waals surface area contributed by atoms with Gasteiger partial charge in [0, 0.05) is 50.6 Å². The van der Waals surface area contributed by atoms with Crippen molar-refractivity contribution in [2.24, 2.45) is 35.5 Å². The highest BCUT2D eigenvalue weighted by Crippen LogP contribution is 2.60. The molecule has 1 aromatic carbocycles. The number of aliphatic hydroxyl groups is 2. The molecule has 9 heteroatoms. The van der Waals surface area contributed by atoms with Gasteiger partial charge < -0.3 is 15.1 Å². The molecule has 3 saturated carbocycles. The van der Waals surface area contributed by atoms with E-state index in [4.69, 9.17) is 4.37 Å². The van der Waals surface area contributed by atoms with Crippen molar-refractivity contribution in [3.63, 3.8) is 0 Å². The van der Waals surface area contributed by atoms with E-state index < -0.39 is 11.5 Å². The number of aromatic nitrogens is 1. The van der Waals surface area contributed by atoms with Crippen LogP contribution in [0.4, 0.5) is 5.82 Å². The van der Waals surface area contributed by atoms with Crippen LogP contribution in [0.15, 0.2) is 24.3 Å². The van der Waals surface area contributed by atoms with Crippen LogP contribution in [0.2, 0.25) is 0 Å². The maximum Gasteiger partial charge on any atom is 0.233 e. The zero-order valence-corrected chi connectivity index (χ0v) is 22.7. The number of likely N-dealkylation sites (tertiary alicyclic amines) is 1. The summed E-state index contributed by atoms with van der Waals surface area (Å²) in [7, 11) is 0. The molecule has 2 amide bonds. The standard InChI is InChI=1S/C29H38N4O4S/c34-17-29(37)14-20-13-22(29)25-24(20)27(35)33(28(25)36)16-19-6-2-1-5-18(19)15-31-9-11-32(12-10-31)26-21-7-3-4-8-23(21)38-30-26/h3-4,7-8,18-20,22,24-25,34,37H,1-2,5-6,9-17H2/t18-,19-,20+,22-,24+,25-,29?/m0/s1. The first-order valence-electron chi connectivity index (χ1n) is 14.5. The van der Waals surface area contributed by atoms with Gasteiger partial charge in [-0.2, -0.15) is 4.37 Å². The van der Waals surface area contributed by atoms with Gasteiger partial charge in [-0.1, -0.05) is 25.0 Å². The van der Waals surface area contributed by atoms with Gasteiger partial charge in [-0.15, -0.1) is 0 Å². The van der Waals surface area contributed by atoms with Crippen LogP contribution in [-0.4, -0.2) is 87.7 Å². The first-order valence-corrected chi connectivity index (χ1v) is 15.2. The second-order valence-corrected chi connectivity index (χ2v) is 13.3. The van der Waals surface area contributed by atoms with Crippen LogP contribution in [-0.2, 0) is 9.59 Å². The largest absolute Gasteiger partial charge is 0.393 e. The molecule has 1 aromatic heterocycles. The summed E-state index contributed by atoms with van der Waals surface area (Å²) in [5, 5.41) is 21.9. The summed E-state index contributed by atoms with van der Waals surface area (Å²) in [6.07, 6.45) is 5.72. The summed E-state index contributed by atoms with van der Waals surface area (Å²) in [5.41, 5.74) is -1.20. The van der Waals surface area contributed by atoms with Crippen LogP contribution >= 0.6 is 11.5 Å². The van der Waals surface area contributed by atoms with Crippen molar-refractivity contribution < 1.29 is 19.8 Å². The molecule has 5 aliphatic rings. The van der Waals surface area contributed by atoms with Crippen molar-refractivity contribution in [3.05, 3.63) is 24.3 Å². The third-order valence-corrected chi connectivity index (χ3v) is 11.4. The highest BCUT2D eigenvalue weighted by molar-refractivity contribution is 7.13. The number of hydrogen-bond donors (Lipinski definition) is 2. The van der Waals surface area contributed by atoms with Gasteiger partial charge in [-0.3, -0.25) is 19.4 Å². The number of benzene rings is 1. The van der Waals surface area contributed by atoms with E-state index in [1.165, 1.54) is 16.5 Å². The summed E-state index contributed by atoms with van der Waals surface area (Å²) in [4.78, 5) is 33.5. The lowest BCUT2D eigenvalue weighted by Crippen LogP contribution is -2.50. The number of hydrogen-bond acceptors (Lipinski definition) is 8. The molecule has 2 N–H and O–H groups in total. The van der Waals surface area contributed by atoms with Crippen LogP contribution in [0.3, 0.4) is 0 Å². The average Bonchev–Trinajstić information content (AvgIpc) is 3.68. The summed E-state index contributed by atoms with van der Waals surface area (Å²) in [6.45, 7) is 5.16. The number of nitrogens with zero attached hydrogens (tertiary/aromatic N) is 4. The Kier molecular flexibility index (Phi) is 6.26. The first-order chi connectivity index (χ1) is 18.5. The fourth-order valence-electron chi connectivity index (χ4n) is 8.62. The molecule has 3 aliphatic carbocycles. The minimum absolute atomic E-state index is 0.0130. The monoisotopic (exact) mass is 538 g/mol. The summed E-state index contributed by atoms with van der Waals surface area (Å²) < 4.78 is 5.98. The lowest BCUT2D eigenvalue weighted by atomic mass is 9.73. The summed E-state index contributed by atoms with van der Waals surface area (Å²) in [5.74, 6) is 0.862. The average molecular weight is 539 g/mol. The summed E-state index contributed by atoms with van der Waals surface area (Å²) in [6, 6.07) is 8.45. The predicted molar refractivity (Wildman–Crippen MR) is 146 cm³/mol. The maximum atomic E-state index is 13.5. The fraction of sp³-hybridized carbons (Fsp3) is 0.690. The number of carbonyl (C=O) groups excluding carboxylic acids is 2. The van der Waals surface area contributed by atoms with Gasteiger partial charge in [0.1, 0.15) is 5.82 Å². The van der Waals surface area contributed by atoms with Gasteiger partial charge in [-0.25, -0.2) is 0 Å². The van der Waals surface area contributed by atoms with E-state index in [1.54, 1.807) is 16.4 Å². The molecule has 2 bridgehead atoms. The normalized spacial score (nSPS) is 37.5. The molecule has 1 unspecified atom stereocenters. The molecule has 0 spiro atoms. The van der Waals surface area contributed by atoms with Crippen LogP contribution < -0.4 is 4.90 Å². The lowest BCUT2D eigenvalue weighted by molar-refractivity contribution is -0.143.